The summed E-state index contributed by atoms with van der Waals surface area (Å²) < 4.78 is 4.95. The highest BCUT2D eigenvalue weighted by Crippen LogP contribution is 2.16. The molecule has 1 fully saturated rings. The van der Waals surface area contributed by atoms with Gasteiger partial charge in [0.2, 0.25) is 0 Å². The SMILES string of the molecule is COCCCCCNC(=O)N1CCCC(C(=O)O)C1. The van der Waals surface area contributed by atoms with E-state index in [1.165, 1.54) is 0 Å². The Hall–Kier alpha value is -1.30. The largest absolute Gasteiger partial charge is 0.481 e. The van der Waals surface area contributed by atoms with Crippen molar-refractivity contribution in [2.45, 2.75) is 32.1 Å². The van der Waals surface area contributed by atoms with Crippen molar-refractivity contribution < 1.29 is 19.4 Å². The number of carbonyl (C=O) groups is 2. The number of nitrogens with one attached hydrogen (secondary N) is 1. The highest BCUT2D eigenvalue weighted by molar-refractivity contribution is 5.76. The fraction of sp³-hybridized carbons (Fsp3) is 0.846. The lowest BCUT2D eigenvalue weighted by molar-refractivity contribution is -0.143. The minimum atomic E-state index is -0.808. The third kappa shape index (κ3) is 5.92. The highest BCUT2D eigenvalue weighted by atomic mass is 16.5. The maximum atomic E-state index is 11.9. The van der Waals surface area contributed by atoms with Crippen LogP contribution in [-0.2, 0) is 9.53 Å². The molecule has 2 amide bonds. The van der Waals surface area contributed by atoms with Crippen LogP contribution in [0.1, 0.15) is 32.1 Å². The second-order valence-electron chi connectivity index (χ2n) is 4.91. The average molecular weight is 272 g/mol. The van der Waals surface area contributed by atoms with E-state index in [4.69, 9.17) is 9.84 Å². The number of methoxy groups -OCH3 is 1. The zero-order valence-electron chi connectivity index (χ0n) is 11.6. The van der Waals surface area contributed by atoms with Gasteiger partial charge < -0.3 is 20.1 Å². The summed E-state index contributed by atoms with van der Waals surface area (Å²) in [5.74, 6) is -1.22. The van der Waals surface area contributed by atoms with E-state index in [0.717, 1.165) is 32.3 Å². The molecule has 1 unspecified atom stereocenters. The van der Waals surface area contributed by atoms with Gasteiger partial charge in [0.05, 0.1) is 5.92 Å². The lowest BCUT2D eigenvalue weighted by atomic mass is 9.99. The number of rotatable bonds is 7. The van der Waals surface area contributed by atoms with Crippen LogP contribution in [0, 0.1) is 5.92 Å². The standard InChI is InChI=1S/C13H24N2O4/c1-19-9-4-2-3-7-14-13(18)15-8-5-6-11(10-15)12(16)17/h11H,2-10H2,1H3,(H,14,18)(H,16,17). The molecule has 110 valence electrons. The van der Waals surface area contributed by atoms with Gasteiger partial charge in [-0.3, -0.25) is 4.79 Å². The quantitative estimate of drug-likeness (QED) is 0.685. The number of likely N-dealkylation sites (tertiary alicyclic amines) is 1. The summed E-state index contributed by atoms with van der Waals surface area (Å²) in [4.78, 5) is 24.4. The number of amides is 2. The summed E-state index contributed by atoms with van der Waals surface area (Å²) in [6.07, 6.45) is 4.36. The first-order chi connectivity index (χ1) is 9.15. The minimum absolute atomic E-state index is 0.141. The van der Waals surface area contributed by atoms with E-state index in [1.807, 2.05) is 0 Å². The van der Waals surface area contributed by atoms with Crippen LogP contribution in [0.3, 0.4) is 0 Å². The van der Waals surface area contributed by atoms with Crippen LogP contribution in [0.15, 0.2) is 0 Å². The molecule has 2 N–H and O–H groups in total. The second-order valence-corrected chi connectivity index (χ2v) is 4.91. The Balaban J connectivity index is 2.16. The number of carbonyl (C=O) groups excluding carboxylic acids is 1. The van der Waals surface area contributed by atoms with Crippen LogP contribution >= 0.6 is 0 Å². The Kier molecular flexibility index (Phi) is 7.25. The normalized spacial score (nSPS) is 19.2. The summed E-state index contributed by atoms with van der Waals surface area (Å²) in [5.41, 5.74) is 0. The minimum Gasteiger partial charge on any atom is -0.481 e. The zero-order valence-corrected chi connectivity index (χ0v) is 11.6. The zero-order chi connectivity index (χ0) is 14.1. The van der Waals surface area contributed by atoms with Gasteiger partial charge in [-0.2, -0.15) is 0 Å². The lowest BCUT2D eigenvalue weighted by Crippen LogP contribution is -2.47. The van der Waals surface area contributed by atoms with Crippen molar-refractivity contribution in [1.29, 1.82) is 0 Å². The Morgan fingerprint density at radius 2 is 2.16 bits per heavy atom. The van der Waals surface area contributed by atoms with Crippen LogP contribution in [0.5, 0.6) is 0 Å². The van der Waals surface area contributed by atoms with Crippen LogP contribution in [0.2, 0.25) is 0 Å². The number of aliphatic carboxylic acids is 1. The summed E-state index contributed by atoms with van der Waals surface area (Å²) in [6.45, 7) is 2.36. The van der Waals surface area contributed by atoms with Gasteiger partial charge in [-0.05, 0) is 32.1 Å². The van der Waals surface area contributed by atoms with Crippen molar-refractivity contribution in [2.75, 3.05) is 33.4 Å². The molecule has 0 aromatic carbocycles. The van der Waals surface area contributed by atoms with E-state index in [-0.39, 0.29) is 6.03 Å². The number of nitrogens with zero attached hydrogens (tertiary/aromatic N) is 1. The molecule has 1 aliphatic heterocycles. The molecule has 0 radical (unpaired) electrons. The molecule has 0 aromatic rings. The number of hydrogen-bond acceptors (Lipinski definition) is 3. The van der Waals surface area contributed by atoms with Crippen LogP contribution in [0.4, 0.5) is 4.79 Å². The molecular weight excluding hydrogens is 248 g/mol. The number of ether oxygens (including phenoxy) is 1. The fourth-order valence-electron chi connectivity index (χ4n) is 2.22. The number of carboxylic acids is 1. The molecule has 0 aliphatic carbocycles. The molecule has 19 heavy (non-hydrogen) atoms. The van der Waals surface area contributed by atoms with Crippen LogP contribution in [-0.4, -0.2) is 55.4 Å². The first kappa shape index (κ1) is 15.8. The number of carboxylic acid groups (broad SMARTS) is 1. The van der Waals surface area contributed by atoms with E-state index in [1.54, 1.807) is 12.0 Å². The molecule has 0 saturated carbocycles. The van der Waals surface area contributed by atoms with Crippen LogP contribution < -0.4 is 5.32 Å². The first-order valence-corrected chi connectivity index (χ1v) is 6.89. The van der Waals surface area contributed by atoms with Gasteiger partial charge in [-0.1, -0.05) is 0 Å². The number of urea groups is 1. The molecule has 0 spiro atoms. The monoisotopic (exact) mass is 272 g/mol. The van der Waals surface area contributed by atoms with E-state index in [2.05, 4.69) is 5.32 Å². The van der Waals surface area contributed by atoms with Gasteiger partial charge in [0.15, 0.2) is 0 Å². The maximum absolute atomic E-state index is 11.9. The Morgan fingerprint density at radius 1 is 1.37 bits per heavy atom. The van der Waals surface area contributed by atoms with Crippen molar-refractivity contribution in [3.63, 3.8) is 0 Å². The van der Waals surface area contributed by atoms with E-state index >= 15 is 0 Å². The van der Waals surface area contributed by atoms with Crippen molar-refractivity contribution in [3.05, 3.63) is 0 Å². The van der Waals surface area contributed by atoms with Crippen molar-refractivity contribution in [2.24, 2.45) is 5.92 Å². The molecule has 1 heterocycles. The third-order valence-corrected chi connectivity index (χ3v) is 3.36. The fourth-order valence-corrected chi connectivity index (χ4v) is 2.22. The van der Waals surface area contributed by atoms with Gasteiger partial charge in [0, 0.05) is 33.4 Å². The molecule has 1 aliphatic rings. The number of hydrogen-bond donors (Lipinski definition) is 2. The average Bonchev–Trinajstić information content (AvgIpc) is 2.42. The second kappa shape index (κ2) is 8.74. The summed E-state index contributed by atoms with van der Waals surface area (Å²) >= 11 is 0. The smallest absolute Gasteiger partial charge is 0.317 e. The lowest BCUT2D eigenvalue weighted by Gasteiger charge is -2.30. The van der Waals surface area contributed by atoms with Gasteiger partial charge >= 0.3 is 12.0 Å². The van der Waals surface area contributed by atoms with Gasteiger partial charge in [-0.15, -0.1) is 0 Å². The predicted octanol–water partition coefficient (Wildman–Crippen LogP) is 1.31. The van der Waals surface area contributed by atoms with Crippen molar-refractivity contribution in [1.82, 2.24) is 10.2 Å². The van der Waals surface area contributed by atoms with E-state index in [9.17, 15) is 9.59 Å². The number of piperidine rings is 1. The Morgan fingerprint density at radius 3 is 2.84 bits per heavy atom. The maximum Gasteiger partial charge on any atom is 0.317 e. The molecule has 1 atom stereocenters. The van der Waals surface area contributed by atoms with Gasteiger partial charge in [0.1, 0.15) is 0 Å². The molecule has 1 rings (SSSR count). The molecule has 0 aromatic heterocycles. The molecular formula is C13H24N2O4. The van der Waals surface area contributed by atoms with Gasteiger partial charge in [-0.25, -0.2) is 4.79 Å². The topological polar surface area (TPSA) is 78.9 Å². The number of unbranched alkanes of at least 4 members (excludes halogenated alkanes) is 2. The predicted molar refractivity (Wildman–Crippen MR) is 71.1 cm³/mol. The third-order valence-electron chi connectivity index (χ3n) is 3.36. The highest BCUT2D eigenvalue weighted by Gasteiger charge is 2.27. The molecule has 0 bridgehead atoms. The summed E-state index contributed by atoms with van der Waals surface area (Å²) in [5, 5.41) is 11.8. The summed E-state index contributed by atoms with van der Waals surface area (Å²) in [7, 11) is 1.68. The molecule has 6 nitrogen and oxygen atoms in total. The molecule has 6 heteroatoms. The summed E-state index contributed by atoms with van der Waals surface area (Å²) in [6, 6.07) is -0.141. The van der Waals surface area contributed by atoms with Gasteiger partial charge in [0.25, 0.3) is 0 Å². The molecule has 1 saturated heterocycles. The van der Waals surface area contributed by atoms with Crippen molar-refractivity contribution in [3.8, 4) is 0 Å². The van der Waals surface area contributed by atoms with E-state index < -0.39 is 11.9 Å². The van der Waals surface area contributed by atoms with Crippen LogP contribution in [0.25, 0.3) is 0 Å². The Bertz CT molecular complexity index is 296. The van der Waals surface area contributed by atoms with E-state index in [0.29, 0.717) is 26.1 Å². The first-order valence-electron chi connectivity index (χ1n) is 6.89. The van der Waals surface area contributed by atoms with Crippen molar-refractivity contribution >= 4 is 12.0 Å². The Labute approximate surface area is 114 Å².